The first-order valence-electron chi connectivity index (χ1n) is 8.15. The van der Waals surface area contributed by atoms with Gasteiger partial charge in [0.05, 0.1) is 0 Å². The van der Waals surface area contributed by atoms with Crippen molar-refractivity contribution in [3.05, 3.63) is 29.3 Å². The number of hydrogen-bond donors (Lipinski definition) is 2. The van der Waals surface area contributed by atoms with Gasteiger partial charge in [0.2, 0.25) is 0 Å². The lowest BCUT2D eigenvalue weighted by Crippen LogP contribution is -2.32. The Morgan fingerprint density at radius 3 is 2.09 bits per heavy atom. The minimum absolute atomic E-state index is 0.117. The second kappa shape index (κ2) is 8.79. The van der Waals surface area contributed by atoms with E-state index in [9.17, 15) is 4.79 Å². The van der Waals surface area contributed by atoms with E-state index in [2.05, 4.69) is 61.4 Å². The minimum atomic E-state index is -0.117. The molecule has 22 heavy (non-hydrogen) atoms. The number of nitrogens with one attached hydrogen (secondary N) is 2. The van der Waals surface area contributed by atoms with Crippen LogP contribution in [0.5, 0.6) is 0 Å². The van der Waals surface area contributed by atoms with Gasteiger partial charge in [-0.1, -0.05) is 45.9 Å². The van der Waals surface area contributed by atoms with Crippen LogP contribution in [0.4, 0.5) is 10.5 Å². The number of urea groups is 1. The number of anilines is 1. The molecule has 0 saturated carbocycles. The molecule has 0 saturated heterocycles. The first-order valence-corrected chi connectivity index (χ1v) is 8.15. The van der Waals surface area contributed by atoms with E-state index in [4.69, 9.17) is 0 Å². The van der Waals surface area contributed by atoms with E-state index in [0.29, 0.717) is 18.4 Å². The van der Waals surface area contributed by atoms with Crippen LogP contribution < -0.4 is 10.6 Å². The molecule has 0 bridgehead atoms. The van der Waals surface area contributed by atoms with Crippen molar-refractivity contribution >= 4 is 11.7 Å². The van der Waals surface area contributed by atoms with E-state index in [1.165, 1.54) is 11.1 Å². The molecule has 1 rings (SSSR count). The predicted molar refractivity (Wildman–Crippen MR) is 94.8 cm³/mol. The third-order valence-electron chi connectivity index (χ3n) is 3.68. The zero-order valence-electron chi connectivity index (χ0n) is 14.9. The molecule has 0 spiro atoms. The Morgan fingerprint density at radius 2 is 1.64 bits per heavy atom. The Labute approximate surface area is 135 Å². The molecule has 124 valence electrons. The number of benzene rings is 1. The van der Waals surface area contributed by atoms with Gasteiger partial charge in [-0.15, -0.1) is 0 Å². The van der Waals surface area contributed by atoms with Gasteiger partial charge in [-0.05, 0) is 50.0 Å². The molecule has 0 fully saturated rings. The van der Waals surface area contributed by atoms with Gasteiger partial charge in [0, 0.05) is 12.2 Å². The molecule has 0 aliphatic heterocycles. The van der Waals surface area contributed by atoms with Crippen LogP contribution in [0.3, 0.4) is 0 Å². The molecular weight excluding hydrogens is 274 g/mol. The quantitative estimate of drug-likeness (QED) is 0.748. The maximum Gasteiger partial charge on any atom is 0.319 e. The minimum Gasteiger partial charge on any atom is -0.338 e. The molecule has 0 heterocycles. The Hall–Kier alpha value is -1.55. The summed E-state index contributed by atoms with van der Waals surface area (Å²) in [5.74, 6) is 0.755. The summed E-state index contributed by atoms with van der Waals surface area (Å²) >= 11 is 0. The van der Waals surface area contributed by atoms with Crippen LogP contribution in [-0.2, 0) is 0 Å². The summed E-state index contributed by atoms with van der Waals surface area (Å²) < 4.78 is 0. The summed E-state index contributed by atoms with van der Waals surface area (Å²) in [5, 5.41) is 6.01. The molecule has 0 aliphatic rings. The summed E-state index contributed by atoms with van der Waals surface area (Å²) in [6.07, 6.45) is 0.948. The van der Waals surface area contributed by atoms with Crippen molar-refractivity contribution in [2.45, 2.75) is 46.0 Å². The molecular formula is C18H31N3O. The molecule has 1 aromatic carbocycles. The molecule has 2 amide bonds. The first-order chi connectivity index (χ1) is 10.3. The largest absolute Gasteiger partial charge is 0.338 e. The number of nitrogens with zero attached hydrogens (tertiary/aromatic N) is 1. The number of rotatable bonds is 7. The van der Waals surface area contributed by atoms with Crippen molar-refractivity contribution in [1.82, 2.24) is 10.2 Å². The van der Waals surface area contributed by atoms with E-state index in [0.717, 1.165) is 18.7 Å². The smallest absolute Gasteiger partial charge is 0.319 e. The van der Waals surface area contributed by atoms with Crippen molar-refractivity contribution in [3.8, 4) is 0 Å². The normalized spacial score (nSPS) is 11.3. The molecule has 4 nitrogen and oxygen atoms in total. The van der Waals surface area contributed by atoms with Gasteiger partial charge in [0.25, 0.3) is 0 Å². The summed E-state index contributed by atoms with van der Waals surface area (Å²) in [7, 11) is 4.07. The molecule has 1 aromatic rings. The van der Waals surface area contributed by atoms with Gasteiger partial charge in [-0.2, -0.15) is 0 Å². The van der Waals surface area contributed by atoms with Gasteiger partial charge < -0.3 is 15.5 Å². The Morgan fingerprint density at radius 1 is 1.09 bits per heavy atom. The highest BCUT2D eigenvalue weighted by molar-refractivity contribution is 5.91. The number of para-hydroxylation sites is 1. The molecule has 0 aliphatic carbocycles. The van der Waals surface area contributed by atoms with Crippen LogP contribution in [0, 0.1) is 0 Å². The van der Waals surface area contributed by atoms with Gasteiger partial charge in [-0.3, -0.25) is 0 Å². The number of amides is 2. The maximum absolute atomic E-state index is 12.2. The van der Waals surface area contributed by atoms with Gasteiger partial charge in [0.1, 0.15) is 0 Å². The van der Waals surface area contributed by atoms with Crippen molar-refractivity contribution < 1.29 is 4.79 Å². The van der Waals surface area contributed by atoms with Crippen LogP contribution in [0.1, 0.15) is 57.1 Å². The van der Waals surface area contributed by atoms with Crippen LogP contribution in [-0.4, -0.2) is 38.1 Å². The Bertz CT molecular complexity index is 455. The summed E-state index contributed by atoms with van der Waals surface area (Å²) in [6, 6.07) is 6.15. The lowest BCUT2D eigenvalue weighted by atomic mass is 9.93. The van der Waals surface area contributed by atoms with Gasteiger partial charge in [0.15, 0.2) is 0 Å². The van der Waals surface area contributed by atoms with E-state index in [1.54, 1.807) is 0 Å². The fourth-order valence-corrected chi connectivity index (χ4v) is 2.45. The number of carbonyl (C=O) groups excluding carboxylic acids is 1. The Kier molecular flexibility index (Phi) is 7.39. The second-order valence-corrected chi connectivity index (χ2v) is 6.66. The van der Waals surface area contributed by atoms with Crippen molar-refractivity contribution in [2.75, 3.05) is 32.5 Å². The molecule has 2 N–H and O–H groups in total. The molecule has 4 heteroatoms. The monoisotopic (exact) mass is 305 g/mol. The zero-order valence-corrected chi connectivity index (χ0v) is 14.9. The first kappa shape index (κ1) is 18.5. The van der Waals surface area contributed by atoms with E-state index in [1.807, 2.05) is 14.1 Å². The average Bonchev–Trinajstić information content (AvgIpc) is 2.43. The molecule has 0 atom stereocenters. The maximum atomic E-state index is 12.2. The Balaban J connectivity index is 2.76. The van der Waals surface area contributed by atoms with Crippen molar-refractivity contribution in [1.29, 1.82) is 0 Å². The predicted octanol–water partition coefficient (Wildman–Crippen LogP) is 4.01. The number of hydrogen-bond acceptors (Lipinski definition) is 2. The third kappa shape index (κ3) is 5.68. The summed E-state index contributed by atoms with van der Waals surface area (Å²) in [4.78, 5) is 14.3. The van der Waals surface area contributed by atoms with Crippen LogP contribution in [0.2, 0.25) is 0 Å². The third-order valence-corrected chi connectivity index (χ3v) is 3.68. The fourth-order valence-electron chi connectivity index (χ4n) is 2.45. The van der Waals surface area contributed by atoms with E-state index < -0.39 is 0 Å². The van der Waals surface area contributed by atoms with Gasteiger partial charge in [-0.25, -0.2) is 4.79 Å². The van der Waals surface area contributed by atoms with Crippen LogP contribution in [0.25, 0.3) is 0 Å². The highest BCUT2D eigenvalue weighted by Gasteiger charge is 2.15. The topological polar surface area (TPSA) is 44.4 Å². The van der Waals surface area contributed by atoms with E-state index >= 15 is 0 Å². The lowest BCUT2D eigenvalue weighted by molar-refractivity contribution is 0.251. The highest BCUT2D eigenvalue weighted by Crippen LogP contribution is 2.32. The average molecular weight is 305 g/mol. The van der Waals surface area contributed by atoms with Crippen LogP contribution >= 0.6 is 0 Å². The molecule has 0 aromatic heterocycles. The lowest BCUT2D eigenvalue weighted by Gasteiger charge is -2.20. The van der Waals surface area contributed by atoms with Crippen molar-refractivity contribution in [3.63, 3.8) is 0 Å². The number of carbonyl (C=O) groups is 1. The fraction of sp³-hybridized carbons (Fsp3) is 0.611. The van der Waals surface area contributed by atoms with E-state index in [-0.39, 0.29) is 6.03 Å². The summed E-state index contributed by atoms with van der Waals surface area (Å²) in [5.41, 5.74) is 3.35. The molecule has 0 unspecified atom stereocenters. The molecule has 0 radical (unpaired) electrons. The highest BCUT2D eigenvalue weighted by atomic mass is 16.2. The zero-order chi connectivity index (χ0) is 16.7. The SMILES string of the molecule is CC(C)c1cccc(C(C)C)c1NC(=O)NCCCN(C)C. The standard InChI is InChI=1S/C18H31N3O/c1-13(2)15-9-7-10-16(14(3)4)17(15)20-18(22)19-11-8-12-21(5)6/h7,9-10,13-14H,8,11-12H2,1-6H3,(H2,19,20,22). The van der Waals surface area contributed by atoms with Crippen LogP contribution in [0.15, 0.2) is 18.2 Å². The summed E-state index contributed by atoms with van der Waals surface area (Å²) in [6.45, 7) is 10.3. The van der Waals surface area contributed by atoms with Crippen molar-refractivity contribution in [2.24, 2.45) is 0 Å². The van der Waals surface area contributed by atoms with Gasteiger partial charge >= 0.3 is 6.03 Å². The second-order valence-electron chi connectivity index (χ2n) is 6.66.